The van der Waals surface area contributed by atoms with Gasteiger partial charge in [0.25, 0.3) is 0 Å². The molecule has 2 rings (SSSR count). The van der Waals surface area contributed by atoms with Crippen molar-refractivity contribution in [2.24, 2.45) is 0 Å². The van der Waals surface area contributed by atoms with Crippen LogP contribution in [0.2, 0.25) is 0 Å². The first-order valence-corrected chi connectivity index (χ1v) is 8.60. The third-order valence-corrected chi connectivity index (χ3v) is 4.00. The van der Waals surface area contributed by atoms with Crippen molar-refractivity contribution in [3.8, 4) is 11.5 Å². The Balaban J connectivity index is 2.02. The van der Waals surface area contributed by atoms with Gasteiger partial charge in [-0.1, -0.05) is 36.4 Å². The van der Waals surface area contributed by atoms with Gasteiger partial charge >= 0.3 is 7.82 Å². The molecule has 7 heteroatoms. The minimum atomic E-state index is -3.85. The summed E-state index contributed by atoms with van der Waals surface area (Å²) in [5.41, 5.74) is 0. The standard InChI is InChI=1S/C16H19O6P/c17-11-12-19-13-14-20-23(18,21-15-7-3-1-4-8-15)22-16-9-5-2-6-10-16/h1-10,17H,11-14H2. The van der Waals surface area contributed by atoms with Crippen LogP contribution in [0.15, 0.2) is 60.7 Å². The van der Waals surface area contributed by atoms with Gasteiger partial charge in [0.1, 0.15) is 11.5 Å². The molecular weight excluding hydrogens is 319 g/mol. The SMILES string of the molecule is O=P(OCCOCCO)(Oc1ccccc1)Oc1ccccc1. The van der Waals surface area contributed by atoms with Gasteiger partial charge in [-0.3, -0.25) is 4.52 Å². The molecule has 6 nitrogen and oxygen atoms in total. The summed E-state index contributed by atoms with van der Waals surface area (Å²) in [5, 5.41) is 8.65. The molecule has 0 unspecified atom stereocenters. The summed E-state index contributed by atoms with van der Waals surface area (Å²) < 4.78 is 34.0. The minimum Gasteiger partial charge on any atom is -0.395 e. The Morgan fingerprint density at radius 3 is 1.78 bits per heavy atom. The number of rotatable bonds is 10. The first-order chi connectivity index (χ1) is 11.2. The molecule has 0 heterocycles. The van der Waals surface area contributed by atoms with Gasteiger partial charge in [0.05, 0.1) is 26.4 Å². The van der Waals surface area contributed by atoms with Crippen LogP contribution >= 0.6 is 7.82 Å². The number of aliphatic hydroxyl groups excluding tert-OH is 1. The monoisotopic (exact) mass is 338 g/mol. The van der Waals surface area contributed by atoms with E-state index in [0.29, 0.717) is 11.5 Å². The largest absolute Gasteiger partial charge is 0.587 e. The van der Waals surface area contributed by atoms with Crippen molar-refractivity contribution < 1.29 is 28.0 Å². The number of para-hydroxylation sites is 2. The average molecular weight is 338 g/mol. The number of benzene rings is 2. The van der Waals surface area contributed by atoms with E-state index in [4.69, 9.17) is 23.4 Å². The molecule has 0 saturated heterocycles. The van der Waals surface area contributed by atoms with Crippen LogP contribution in [0.5, 0.6) is 11.5 Å². The Labute approximate surface area is 135 Å². The van der Waals surface area contributed by atoms with Crippen LogP contribution < -0.4 is 9.05 Å². The molecule has 23 heavy (non-hydrogen) atoms. The lowest BCUT2D eigenvalue weighted by Gasteiger charge is -2.19. The van der Waals surface area contributed by atoms with Crippen molar-refractivity contribution in [2.45, 2.75) is 0 Å². The zero-order valence-corrected chi connectivity index (χ0v) is 13.4. The molecule has 0 aromatic heterocycles. The van der Waals surface area contributed by atoms with Gasteiger partial charge in [0.15, 0.2) is 0 Å². The molecule has 0 radical (unpaired) electrons. The van der Waals surface area contributed by atoms with Gasteiger partial charge in [-0.05, 0) is 24.3 Å². The predicted octanol–water partition coefficient (Wildman–Crippen LogP) is 3.28. The second-order valence-electron chi connectivity index (χ2n) is 4.43. The van der Waals surface area contributed by atoms with Crippen LogP contribution in [0.1, 0.15) is 0 Å². The van der Waals surface area contributed by atoms with Gasteiger partial charge in [0.2, 0.25) is 0 Å². The second-order valence-corrected chi connectivity index (χ2v) is 5.94. The van der Waals surface area contributed by atoms with Gasteiger partial charge in [-0.15, -0.1) is 0 Å². The maximum Gasteiger partial charge on any atom is 0.587 e. The lowest BCUT2D eigenvalue weighted by Crippen LogP contribution is -2.11. The number of phosphoric ester groups is 1. The lowest BCUT2D eigenvalue weighted by atomic mass is 10.3. The highest BCUT2D eigenvalue weighted by molar-refractivity contribution is 7.49. The maximum atomic E-state index is 12.8. The van der Waals surface area contributed by atoms with Gasteiger partial charge in [-0.2, -0.15) is 0 Å². The molecule has 0 fully saturated rings. The van der Waals surface area contributed by atoms with Crippen LogP contribution in [0.4, 0.5) is 0 Å². The quantitative estimate of drug-likeness (QED) is 0.529. The van der Waals surface area contributed by atoms with E-state index in [1.165, 1.54) is 0 Å². The fraction of sp³-hybridized carbons (Fsp3) is 0.250. The summed E-state index contributed by atoms with van der Waals surface area (Å²) in [7, 11) is -3.85. The van der Waals surface area contributed by atoms with Crippen molar-refractivity contribution in [1.29, 1.82) is 0 Å². The summed E-state index contributed by atoms with van der Waals surface area (Å²) in [5.74, 6) is 0.756. The first kappa shape index (κ1) is 17.5. The van der Waals surface area contributed by atoms with Crippen molar-refractivity contribution in [2.75, 3.05) is 26.4 Å². The van der Waals surface area contributed by atoms with E-state index >= 15 is 0 Å². The van der Waals surface area contributed by atoms with Crippen molar-refractivity contribution >= 4 is 7.82 Å². The lowest BCUT2D eigenvalue weighted by molar-refractivity contribution is 0.0635. The molecule has 0 aliphatic rings. The molecule has 0 aliphatic carbocycles. The fourth-order valence-electron chi connectivity index (χ4n) is 1.67. The number of hydrogen-bond donors (Lipinski definition) is 1. The Kier molecular flexibility index (Phi) is 7.10. The summed E-state index contributed by atoms with van der Waals surface area (Å²) in [4.78, 5) is 0. The molecular formula is C16H19O6P. The smallest absolute Gasteiger partial charge is 0.395 e. The normalized spacial score (nSPS) is 11.2. The molecule has 1 N–H and O–H groups in total. The van der Waals surface area contributed by atoms with E-state index in [0.717, 1.165) is 0 Å². The highest BCUT2D eigenvalue weighted by Crippen LogP contribution is 2.49. The summed E-state index contributed by atoms with van der Waals surface area (Å²) in [6, 6.07) is 17.3. The molecule has 0 saturated carbocycles. The van der Waals surface area contributed by atoms with E-state index in [1.54, 1.807) is 48.5 Å². The third-order valence-electron chi connectivity index (χ3n) is 2.63. The maximum absolute atomic E-state index is 12.8. The van der Waals surface area contributed by atoms with Crippen molar-refractivity contribution in [3.05, 3.63) is 60.7 Å². The molecule has 124 valence electrons. The highest BCUT2D eigenvalue weighted by atomic mass is 31.2. The number of phosphoric acid groups is 1. The van der Waals surface area contributed by atoms with E-state index < -0.39 is 7.82 Å². The Morgan fingerprint density at radius 2 is 1.30 bits per heavy atom. The number of aliphatic hydroxyl groups is 1. The van der Waals surface area contributed by atoms with E-state index in [9.17, 15) is 4.57 Å². The Bertz CT molecular complexity index is 559. The highest BCUT2D eigenvalue weighted by Gasteiger charge is 2.30. The van der Waals surface area contributed by atoms with E-state index in [2.05, 4.69) is 0 Å². The zero-order chi connectivity index (χ0) is 16.4. The summed E-state index contributed by atoms with van der Waals surface area (Å²) in [6.07, 6.45) is 0. The topological polar surface area (TPSA) is 74.2 Å². The summed E-state index contributed by atoms with van der Waals surface area (Å²) >= 11 is 0. The molecule has 0 aliphatic heterocycles. The van der Waals surface area contributed by atoms with Crippen LogP contribution in [-0.2, 0) is 13.8 Å². The van der Waals surface area contributed by atoms with Crippen LogP contribution in [0, 0.1) is 0 Å². The Hall–Kier alpha value is -1.85. The second kappa shape index (κ2) is 9.33. The third kappa shape index (κ3) is 6.42. The van der Waals surface area contributed by atoms with E-state index in [1.807, 2.05) is 12.1 Å². The zero-order valence-electron chi connectivity index (χ0n) is 12.5. The molecule has 2 aromatic carbocycles. The predicted molar refractivity (Wildman–Crippen MR) is 85.6 cm³/mol. The van der Waals surface area contributed by atoms with Crippen LogP contribution in [0.3, 0.4) is 0 Å². The molecule has 0 atom stereocenters. The van der Waals surface area contributed by atoms with Crippen LogP contribution in [-0.4, -0.2) is 31.5 Å². The summed E-state index contributed by atoms with van der Waals surface area (Å²) in [6.45, 7) is 0.281. The first-order valence-electron chi connectivity index (χ1n) is 7.14. The Morgan fingerprint density at radius 1 is 0.783 bits per heavy atom. The number of ether oxygens (including phenoxy) is 1. The van der Waals surface area contributed by atoms with Gasteiger partial charge < -0.3 is 18.9 Å². The van der Waals surface area contributed by atoms with Gasteiger partial charge in [-0.25, -0.2) is 4.57 Å². The molecule has 0 bridgehead atoms. The van der Waals surface area contributed by atoms with Gasteiger partial charge in [0, 0.05) is 0 Å². The van der Waals surface area contributed by atoms with Crippen molar-refractivity contribution in [1.82, 2.24) is 0 Å². The molecule has 0 spiro atoms. The average Bonchev–Trinajstić information content (AvgIpc) is 2.56. The van der Waals surface area contributed by atoms with E-state index in [-0.39, 0.29) is 26.4 Å². The fourth-order valence-corrected chi connectivity index (χ4v) is 2.87. The number of hydrogen-bond acceptors (Lipinski definition) is 6. The minimum absolute atomic E-state index is 0.0109. The van der Waals surface area contributed by atoms with Crippen molar-refractivity contribution in [3.63, 3.8) is 0 Å². The van der Waals surface area contributed by atoms with Crippen LogP contribution in [0.25, 0.3) is 0 Å². The molecule has 0 amide bonds. The molecule has 2 aromatic rings.